The second-order valence-electron chi connectivity index (χ2n) is 5.15. The van der Waals surface area contributed by atoms with Crippen LogP contribution in [0.1, 0.15) is 40.0 Å². The first-order valence-electron chi connectivity index (χ1n) is 6.80. The average molecular weight is 286 g/mol. The standard InChI is InChI=1S/C15H26O5/c1-6-10-20-15(4,11-19-13(3)16)9-7-8-12(2)14(17)18-5/h6,12H,1,7-11H2,2-5H3/t12-,15-/m1/s1. The van der Waals surface area contributed by atoms with Crippen LogP contribution in [0.5, 0.6) is 0 Å². The van der Waals surface area contributed by atoms with Crippen LogP contribution >= 0.6 is 0 Å². The number of carbonyl (C=O) groups excluding carboxylic acids is 2. The van der Waals surface area contributed by atoms with Crippen molar-refractivity contribution in [2.75, 3.05) is 20.3 Å². The van der Waals surface area contributed by atoms with E-state index in [0.29, 0.717) is 19.4 Å². The molecule has 0 heterocycles. The zero-order valence-corrected chi connectivity index (χ0v) is 12.9. The van der Waals surface area contributed by atoms with Crippen molar-refractivity contribution >= 4 is 11.9 Å². The number of methoxy groups -OCH3 is 1. The van der Waals surface area contributed by atoms with Crippen LogP contribution in [0.15, 0.2) is 12.7 Å². The lowest BCUT2D eigenvalue weighted by Crippen LogP contribution is -2.35. The third-order valence-corrected chi connectivity index (χ3v) is 3.08. The van der Waals surface area contributed by atoms with Crippen LogP contribution in [-0.2, 0) is 23.8 Å². The minimum Gasteiger partial charge on any atom is -0.469 e. The Morgan fingerprint density at radius 3 is 2.55 bits per heavy atom. The zero-order valence-electron chi connectivity index (χ0n) is 12.9. The van der Waals surface area contributed by atoms with Crippen molar-refractivity contribution in [3.05, 3.63) is 12.7 Å². The molecule has 0 aliphatic rings. The molecule has 0 N–H and O–H groups in total. The van der Waals surface area contributed by atoms with Gasteiger partial charge in [-0.15, -0.1) is 6.58 Å². The van der Waals surface area contributed by atoms with Gasteiger partial charge in [0.05, 0.1) is 25.2 Å². The molecule has 0 fully saturated rings. The number of hydrogen-bond donors (Lipinski definition) is 0. The van der Waals surface area contributed by atoms with Crippen molar-refractivity contribution in [3.63, 3.8) is 0 Å². The van der Waals surface area contributed by atoms with Gasteiger partial charge in [-0.1, -0.05) is 13.0 Å². The SMILES string of the molecule is C=CCO[C@](C)(CCC[C@@H](C)C(=O)OC)COC(C)=O. The second-order valence-corrected chi connectivity index (χ2v) is 5.15. The van der Waals surface area contributed by atoms with Gasteiger partial charge in [-0.25, -0.2) is 0 Å². The molecule has 0 radical (unpaired) electrons. The van der Waals surface area contributed by atoms with Gasteiger partial charge in [-0.3, -0.25) is 9.59 Å². The van der Waals surface area contributed by atoms with E-state index in [1.54, 1.807) is 6.08 Å². The molecule has 0 saturated carbocycles. The average Bonchev–Trinajstić information content (AvgIpc) is 2.42. The monoisotopic (exact) mass is 286 g/mol. The normalized spacial score (nSPS) is 15.0. The summed E-state index contributed by atoms with van der Waals surface area (Å²) in [5, 5.41) is 0. The van der Waals surface area contributed by atoms with E-state index >= 15 is 0 Å². The van der Waals surface area contributed by atoms with Crippen molar-refractivity contribution in [2.24, 2.45) is 5.92 Å². The topological polar surface area (TPSA) is 61.8 Å². The van der Waals surface area contributed by atoms with Crippen molar-refractivity contribution in [2.45, 2.75) is 45.6 Å². The maximum absolute atomic E-state index is 11.3. The fourth-order valence-electron chi connectivity index (χ4n) is 1.80. The van der Waals surface area contributed by atoms with E-state index in [0.717, 1.165) is 6.42 Å². The molecule has 0 spiro atoms. The Morgan fingerprint density at radius 2 is 2.05 bits per heavy atom. The number of carbonyl (C=O) groups is 2. The molecule has 0 unspecified atom stereocenters. The third-order valence-electron chi connectivity index (χ3n) is 3.08. The second kappa shape index (κ2) is 9.53. The number of rotatable bonds is 10. The lowest BCUT2D eigenvalue weighted by Gasteiger charge is -2.29. The highest BCUT2D eigenvalue weighted by Crippen LogP contribution is 2.22. The Hall–Kier alpha value is -1.36. The molecule has 0 rings (SSSR count). The Balaban J connectivity index is 4.30. The van der Waals surface area contributed by atoms with Crippen LogP contribution in [-0.4, -0.2) is 37.9 Å². The summed E-state index contributed by atoms with van der Waals surface area (Å²) in [6, 6.07) is 0. The van der Waals surface area contributed by atoms with Crippen LogP contribution < -0.4 is 0 Å². The summed E-state index contributed by atoms with van der Waals surface area (Å²) in [6.45, 7) is 9.29. The molecular formula is C15H26O5. The predicted octanol–water partition coefficient (Wildman–Crippen LogP) is 2.49. The van der Waals surface area contributed by atoms with E-state index < -0.39 is 5.60 Å². The van der Waals surface area contributed by atoms with E-state index in [1.165, 1.54) is 14.0 Å². The number of ether oxygens (including phenoxy) is 3. The van der Waals surface area contributed by atoms with Gasteiger partial charge in [0.2, 0.25) is 0 Å². The fraction of sp³-hybridized carbons (Fsp3) is 0.733. The molecule has 0 aliphatic heterocycles. The largest absolute Gasteiger partial charge is 0.469 e. The summed E-state index contributed by atoms with van der Waals surface area (Å²) in [5.41, 5.74) is -0.560. The van der Waals surface area contributed by atoms with E-state index in [9.17, 15) is 9.59 Å². The van der Waals surface area contributed by atoms with Crippen molar-refractivity contribution in [3.8, 4) is 0 Å². The summed E-state index contributed by atoms with van der Waals surface area (Å²) in [4.78, 5) is 22.2. The van der Waals surface area contributed by atoms with Gasteiger partial charge in [0.15, 0.2) is 0 Å². The van der Waals surface area contributed by atoms with E-state index in [4.69, 9.17) is 9.47 Å². The Morgan fingerprint density at radius 1 is 1.40 bits per heavy atom. The Bertz CT molecular complexity index is 326. The van der Waals surface area contributed by atoms with Gasteiger partial charge in [-0.2, -0.15) is 0 Å². The highest BCUT2D eigenvalue weighted by atomic mass is 16.6. The molecule has 0 aromatic rings. The Kier molecular flexibility index (Phi) is 8.88. The van der Waals surface area contributed by atoms with Gasteiger partial charge >= 0.3 is 11.9 Å². The van der Waals surface area contributed by atoms with Gasteiger partial charge in [0.25, 0.3) is 0 Å². The lowest BCUT2D eigenvalue weighted by molar-refractivity contribution is -0.151. The van der Waals surface area contributed by atoms with Gasteiger partial charge in [0, 0.05) is 6.92 Å². The number of esters is 2. The molecule has 0 saturated heterocycles. The summed E-state index contributed by atoms with van der Waals surface area (Å²) in [6.07, 6.45) is 3.84. The van der Waals surface area contributed by atoms with Gasteiger partial charge in [0.1, 0.15) is 6.61 Å². The fourth-order valence-corrected chi connectivity index (χ4v) is 1.80. The molecule has 0 aromatic heterocycles. The molecule has 0 bridgehead atoms. The lowest BCUT2D eigenvalue weighted by atomic mass is 9.95. The highest BCUT2D eigenvalue weighted by molar-refractivity contribution is 5.71. The molecule has 5 nitrogen and oxygen atoms in total. The van der Waals surface area contributed by atoms with Crippen molar-refractivity contribution in [1.82, 2.24) is 0 Å². The first-order chi connectivity index (χ1) is 9.34. The smallest absolute Gasteiger partial charge is 0.308 e. The first-order valence-corrected chi connectivity index (χ1v) is 6.80. The van der Waals surface area contributed by atoms with E-state index in [-0.39, 0.29) is 24.5 Å². The maximum Gasteiger partial charge on any atom is 0.308 e. The van der Waals surface area contributed by atoms with Crippen LogP contribution in [0.25, 0.3) is 0 Å². The van der Waals surface area contributed by atoms with E-state index in [2.05, 4.69) is 11.3 Å². The molecule has 0 aromatic carbocycles. The molecule has 116 valence electrons. The van der Waals surface area contributed by atoms with Crippen LogP contribution in [0.2, 0.25) is 0 Å². The third kappa shape index (κ3) is 7.94. The van der Waals surface area contributed by atoms with Crippen LogP contribution in [0, 0.1) is 5.92 Å². The quantitative estimate of drug-likeness (QED) is 0.456. The first kappa shape index (κ1) is 18.6. The summed E-state index contributed by atoms with van der Waals surface area (Å²) in [5.74, 6) is -0.683. The number of hydrogen-bond acceptors (Lipinski definition) is 5. The van der Waals surface area contributed by atoms with Crippen LogP contribution in [0.3, 0.4) is 0 Å². The minimum absolute atomic E-state index is 0.141. The minimum atomic E-state index is -0.560. The molecule has 20 heavy (non-hydrogen) atoms. The zero-order chi connectivity index (χ0) is 15.6. The molecular weight excluding hydrogens is 260 g/mol. The predicted molar refractivity (Wildman–Crippen MR) is 76.2 cm³/mol. The molecule has 0 aliphatic carbocycles. The summed E-state index contributed by atoms with van der Waals surface area (Å²) in [7, 11) is 1.39. The molecule has 0 amide bonds. The summed E-state index contributed by atoms with van der Waals surface area (Å²) < 4.78 is 15.4. The van der Waals surface area contributed by atoms with Crippen molar-refractivity contribution < 1.29 is 23.8 Å². The molecule has 5 heteroatoms. The van der Waals surface area contributed by atoms with Crippen molar-refractivity contribution in [1.29, 1.82) is 0 Å². The highest BCUT2D eigenvalue weighted by Gasteiger charge is 2.27. The summed E-state index contributed by atoms with van der Waals surface area (Å²) >= 11 is 0. The Labute approximate surface area is 121 Å². The van der Waals surface area contributed by atoms with Gasteiger partial charge in [-0.05, 0) is 26.2 Å². The maximum atomic E-state index is 11.3. The van der Waals surface area contributed by atoms with E-state index in [1.807, 2.05) is 13.8 Å². The van der Waals surface area contributed by atoms with Gasteiger partial charge < -0.3 is 14.2 Å². The molecule has 2 atom stereocenters. The van der Waals surface area contributed by atoms with Crippen LogP contribution in [0.4, 0.5) is 0 Å².